The summed E-state index contributed by atoms with van der Waals surface area (Å²) in [7, 11) is 0. The van der Waals surface area contributed by atoms with Crippen LogP contribution in [0.1, 0.15) is 68.0 Å². The SMILES string of the molecule is CC(C)c1ccc(-c2ccc([C@H](C)N3CC[C@](CCCO)(c4ccccc4)OC3=O)cc2)s1. The number of rotatable bonds is 8. The van der Waals surface area contributed by atoms with Crippen molar-refractivity contribution in [3.8, 4) is 10.4 Å². The first-order valence-corrected chi connectivity index (χ1v) is 12.6. The first-order valence-electron chi connectivity index (χ1n) is 11.8. The van der Waals surface area contributed by atoms with Crippen LogP contribution >= 0.6 is 11.3 Å². The molecule has 3 aromatic rings. The minimum Gasteiger partial charge on any atom is -0.438 e. The number of ether oxygens (including phenoxy) is 1. The van der Waals surface area contributed by atoms with E-state index in [9.17, 15) is 9.90 Å². The fourth-order valence-electron chi connectivity index (χ4n) is 4.58. The summed E-state index contributed by atoms with van der Waals surface area (Å²) in [6.45, 7) is 7.19. The van der Waals surface area contributed by atoms with Crippen molar-refractivity contribution in [1.29, 1.82) is 0 Å². The highest BCUT2D eigenvalue weighted by molar-refractivity contribution is 7.15. The van der Waals surface area contributed by atoms with Gasteiger partial charge in [0.25, 0.3) is 0 Å². The maximum Gasteiger partial charge on any atom is 0.411 e. The van der Waals surface area contributed by atoms with E-state index >= 15 is 0 Å². The Morgan fingerprint density at radius 2 is 1.76 bits per heavy atom. The molecule has 4 nitrogen and oxygen atoms in total. The molecule has 1 saturated heterocycles. The van der Waals surface area contributed by atoms with Gasteiger partial charge < -0.3 is 14.7 Å². The summed E-state index contributed by atoms with van der Waals surface area (Å²) >= 11 is 1.84. The predicted molar refractivity (Wildman–Crippen MR) is 135 cm³/mol. The molecule has 0 spiro atoms. The Balaban J connectivity index is 1.49. The van der Waals surface area contributed by atoms with E-state index < -0.39 is 5.60 Å². The number of carbonyl (C=O) groups is 1. The summed E-state index contributed by atoms with van der Waals surface area (Å²) in [5.41, 5.74) is 2.63. The highest BCUT2D eigenvalue weighted by Crippen LogP contribution is 2.40. The van der Waals surface area contributed by atoms with Crippen molar-refractivity contribution in [3.05, 3.63) is 82.7 Å². The van der Waals surface area contributed by atoms with Crippen LogP contribution < -0.4 is 0 Å². The topological polar surface area (TPSA) is 49.8 Å². The number of aliphatic hydroxyl groups excluding tert-OH is 1. The molecule has 1 aliphatic rings. The molecule has 0 unspecified atom stereocenters. The summed E-state index contributed by atoms with van der Waals surface area (Å²) in [5.74, 6) is 0.536. The summed E-state index contributed by atoms with van der Waals surface area (Å²) in [6.07, 6.45) is 1.63. The molecule has 33 heavy (non-hydrogen) atoms. The molecule has 0 bridgehead atoms. The zero-order chi connectivity index (χ0) is 23.4. The van der Waals surface area contributed by atoms with E-state index in [1.165, 1.54) is 15.3 Å². The maximum atomic E-state index is 13.2. The Morgan fingerprint density at radius 1 is 1.03 bits per heavy atom. The fraction of sp³-hybridized carbons (Fsp3) is 0.393. The lowest BCUT2D eigenvalue weighted by Crippen LogP contribution is -2.48. The quantitative estimate of drug-likeness (QED) is 0.387. The molecule has 174 valence electrons. The maximum absolute atomic E-state index is 13.2. The number of aliphatic hydroxyl groups is 1. The van der Waals surface area contributed by atoms with Gasteiger partial charge >= 0.3 is 6.09 Å². The molecule has 2 heterocycles. The second-order valence-corrected chi connectivity index (χ2v) is 10.3. The van der Waals surface area contributed by atoms with Crippen LogP contribution in [0.4, 0.5) is 4.79 Å². The van der Waals surface area contributed by atoms with Gasteiger partial charge in [-0.1, -0.05) is 68.4 Å². The first-order chi connectivity index (χ1) is 15.9. The summed E-state index contributed by atoms with van der Waals surface area (Å²) in [4.78, 5) is 17.6. The average Bonchev–Trinajstić information content (AvgIpc) is 3.34. The zero-order valence-corrected chi connectivity index (χ0v) is 20.5. The Morgan fingerprint density at radius 3 is 2.36 bits per heavy atom. The van der Waals surface area contributed by atoms with E-state index in [2.05, 4.69) is 57.2 Å². The Bertz CT molecular complexity index is 1060. The molecular weight excluding hydrogens is 430 g/mol. The molecule has 2 aromatic carbocycles. The Kier molecular flexibility index (Phi) is 7.20. The van der Waals surface area contributed by atoms with Crippen molar-refractivity contribution in [2.75, 3.05) is 13.2 Å². The molecular formula is C28H33NO3S. The molecule has 2 atom stereocenters. The van der Waals surface area contributed by atoms with Crippen molar-refractivity contribution in [2.24, 2.45) is 0 Å². The van der Waals surface area contributed by atoms with Crippen molar-refractivity contribution in [3.63, 3.8) is 0 Å². The van der Waals surface area contributed by atoms with E-state index in [0.29, 0.717) is 31.7 Å². The van der Waals surface area contributed by atoms with Gasteiger partial charge in [0.2, 0.25) is 0 Å². The van der Waals surface area contributed by atoms with E-state index in [1.807, 2.05) is 46.6 Å². The third kappa shape index (κ3) is 4.99. The van der Waals surface area contributed by atoms with Crippen LogP contribution in [0.3, 0.4) is 0 Å². The van der Waals surface area contributed by atoms with E-state index in [0.717, 1.165) is 11.1 Å². The zero-order valence-electron chi connectivity index (χ0n) is 19.7. The number of benzene rings is 2. The molecule has 0 radical (unpaired) electrons. The van der Waals surface area contributed by atoms with E-state index in [4.69, 9.17) is 4.74 Å². The van der Waals surface area contributed by atoms with Gasteiger partial charge in [0, 0.05) is 29.3 Å². The van der Waals surface area contributed by atoms with Crippen LogP contribution in [-0.4, -0.2) is 29.3 Å². The van der Waals surface area contributed by atoms with E-state index in [-0.39, 0.29) is 18.7 Å². The fourth-order valence-corrected chi connectivity index (χ4v) is 5.59. The highest BCUT2D eigenvalue weighted by Gasteiger charge is 2.43. The van der Waals surface area contributed by atoms with Crippen molar-refractivity contribution in [2.45, 2.75) is 57.6 Å². The minimum absolute atomic E-state index is 0.0762. The van der Waals surface area contributed by atoms with Gasteiger partial charge in [0.05, 0.1) is 6.04 Å². The molecule has 1 aromatic heterocycles. The number of thiophene rings is 1. The lowest BCUT2D eigenvalue weighted by atomic mass is 9.84. The highest BCUT2D eigenvalue weighted by atomic mass is 32.1. The molecule has 1 amide bonds. The average molecular weight is 464 g/mol. The Labute approximate surface area is 200 Å². The third-order valence-corrected chi connectivity index (χ3v) is 8.09. The number of hydrogen-bond acceptors (Lipinski definition) is 4. The largest absolute Gasteiger partial charge is 0.438 e. The first kappa shape index (κ1) is 23.5. The van der Waals surface area contributed by atoms with Crippen LogP contribution in [-0.2, 0) is 10.3 Å². The second-order valence-electron chi connectivity index (χ2n) is 9.15. The molecule has 4 rings (SSSR count). The van der Waals surface area contributed by atoms with Crippen LogP contribution in [0.25, 0.3) is 10.4 Å². The second kappa shape index (κ2) is 10.1. The summed E-state index contributed by atoms with van der Waals surface area (Å²) in [5, 5.41) is 9.40. The van der Waals surface area contributed by atoms with Gasteiger partial charge in [-0.05, 0) is 54.5 Å². The lowest BCUT2D eigenvalue weighted by molar-refractivity contribution is -0.0680. The smallest absolute Gasteiger partial charge is 0.411 e. The van der Waals surface area contributed by atoms with E-state index in [1.54, 1.807) is 0 Å². The lowest BCUT2D eigenvalue weighted by Gasteiger charge is -2.43. The van der Waals surface area contributed by atoms with Gasteiger partial charge in [0.15, 0.2) is 0 Å². The summed E-state index contributed by atoms with van der Waals surface area (Å²) < 4.78 is 6.11. The monoisotopic (exact) mass is 463 g/mol. The predicted octanol–water partition coefficient (Wildman–Crippen LogP) is 7.11. The van der Waals surface area contributed by atoms with Crippen LogP contribution in [0.2, 0.25) is 0 Å². The number of carbonyl (C=O) groups excluding carboxylic acids is 1. The van der Waals surface area contributed by atoms with Crippen molar-refractivity contribution in [1.82, 2.24) is 4.90 Å². The Hall–Kier alpha value is -2.63. The van der Waals surface area contributed by atoms with Gasteiger partial charge in [-0.15, -0.1) is 11.3 Å². The molecule has 0 saturated carbocycles. The normalized spacial score (nSPS) is 19.5. The summed E-state index contributed by atoms with van der Waals surface area (Å²) in [6, 6.07) is 22.8. The number of amides is 1. The van der Waals surface area contributed by atoms with Gasteiger partial charge in [-0.2, -0.15) is 0 Å². The van der Waals surface area contributed by atoms with Crippen LogP contribution in [0, 0.1) is 0 Å². The van der Waals surface area contributed by atoms with Gasteiger partial charge in [-0.25, -0.2) is 4.79 Å². The number of hydrogen-bond donors (Lipinski definition) is 1. The van der Waals surface area contributed by atoms with Crippen LogP contribution in [0.15, 0.2) is 66.7 Å². The minimum atomic E-state index is -0.672. The van der Waals surface area contributed by atoms with Gasteiger partial charge in [-0.3, -0.25) is 0 Å². The molecule has 1 aliphatic heterocycles. The number of cyclic esters (lactones) is 1. The van der Waals surface area contributed by atoms with Gasteiger partial charge in [0.1, 0.15) is 5.60 Å². The standard InChI is InChI=1S/C28H33NO3S/c1-20(2)25-14-15-26(33-25)23-12-10-22(11-13-23)21(3)29-18-17-28(16-7-19-30,32-27(29)31)24-8-5-4-6-9-24/h4-6,8-15,20-21,30H,7,16-19H2,1-3H3/t21-,28+/m0/s1. The molecule has 1 N–H and O–H groups in total. The molecule has 1 fully saturated rings. The van der Waals surface area contributed by atoms with Crippen molar-refractivity contribution >= 4 is 17.4 Å². The molecule has 5 heteroatoms. The molecule has 0 aliphatic carbocycles. The van der Waals surface area contributed by atoms with Crippen LogP contribution in [0.5, 0.6) is 0 Å². The third-order valence-electron chi connectivity index (χ3n) is 6.65. The number of nitrogens with zero attached hydrogens (tertiary/aromatic N) is 1. The van der Waals surface area contributed by atoms with Crippen molar-refractivity contribution < 1.29 is 14.6 Å².